The van der Waals surface area contributed by atoms with Crippen LogP contribution in [0.4, 0.5) is 0 Å². The van der Waals surface area contributed by atoms with Crippen LogP contribution >= 0.6 is 0 Å². The molecule has 1 aliphatic heterocycles. The first-order valence-corrected chi connectivity index (χ1v) is 9.22. The second-order valence-corrected chi connectivity index (χ2v) is 6.65. The van der Waals surface area contributed by atoms with Gasteiger partial charge in [0.05, 0.1) is 13.7 Å². The number of hydrogen-bond donors (Lipinski definition) is 1. The van der Waals surface area contributed by atoms with Crippen molar-refractivity contribution in [1.82, 2.24) is 0 Å². The highest BCUT2D eigenvalue weighted by Gasteiger charge is 2.42. The SMILES string of the molecule is CCOC(=O)C1C(=N)Oc2c(ccc3ccccc23)C1c1ccc(OC)cc1. The highest BCUT2D eigenvalue weighted by molar-refractivity contribution is 6.03. The van der Waals surface area contributed by atoms with E-state index in [-0.39, 0.29) is 18.4 Å². The first-order chi connectivity index (χ1) is 13.6. The van der Waals surface area contributed by atoms with Gasteiger partial charge in [0.2, 0.25) is 5.90 Å². The van der Waals surface area contributed by atoms with Crippen LogP contribution in [0.5, 0.6) is 11.5 Å². The highest BCUT2D eigenvalue weighted by Crippen LogP contribution is 2.46. The van der Waals surface area contributed by atoms with Crippen LogP contribution in [0.1, 0.15) is 24.0 Å². The number of nitrogens with one attached hydrogen (secondary N) is 1. The number of methoxy groups -OCH3 is 1. The normalized spacial score (nSPS) is 18.3. The van der Waals surface area contributed by atoms with Crippen LogP contribution in [-0.2, 0) is 9.53 Å². The minimum absolute atomic E-state index is 0.0943. The van der Waals surface area contributed by atoms with Crippen molar-refractivity contribution in [2.24, 2.45) is 5.92 Å². The van der Waals surface area contributed by atoms with Crippen molar-refractivity contribution in [1.29, 1.82) is 5.41 Å². The van der Waals surface area contributed by atoms with Gasteiger partial charge in [0, 0.05) is 16.9 Å². The maximum atomic E-state index is 12.7. The maximum absolute atomic E-state index is 12.7. The lowest BCUT2D eigenvalue weighted by molar-refractivity contribution is -0.146. The van der Waals surface area contributed by atoms with E-state index in [0.29, 0.717) is 5.75 Å². The van der Waals surface area contributed by atoms with Crippen molar-refractivity contribution in [3.05, 3.63) is 71.8 Å². The first kappa shape index (κ1) is 18.0. The lowest BCUT2D eigenvalue weighted by Gasteiger charge is -2.33. The van der Waals surface area contributed by atoms with E-state index in [1.165, 1.54) is 0 Å². The second-order valence-electron chi connectivity index (χ2n) is 6.65. The van der Waals surface area contributed by atoms with Crippen molar-refractivity contribution in [2.45, 2.75) is 12.8 Å². The minimum Gasteiger partial charge on any atom is -0.497 e. The zero-order chi connectivity index (χ0) is 19.7. The molecule has 1 N–H and O–H groups in total. The second kappa shape index (κ2) is 7.35. The van der Waals surface area contributed by atoms with Gasteiger partial charge in [-0.3, -0.25) is 10.2 Å². The van der Waals surface area contributed by atoms with Gasteiger partial charge < -0.3 is 14.2 Å². The number of rotatable bonds is 4. The Balaban J connectivity index is 1.92. The average molecular weight is 375 g/mol. The fourth-order valence-electron chi connectivity index (χ4n) is 3.78. The molecule has 1 aliphatic rings. The van der Waals surface area contributed by atoms with Crippen LogP contribution in [0.2, 0.25) is 0 Å². The number of benzene rings is 3. The van der Waals surface area contributed by atoms with Crippen LogP contribution in [0.3, 0.4) is 0 Å². The van der Waals surface area contributed by atoms with Crippen molar-refractivity contribution in [3.63, 3.8) is 0 Å². The molecule has 0 radical (unpaired) electrons. The quantitative estimate of drug-likeness (QED) is 0.680. The Labute approximate surface area is 163 Å². The molecule has 3 aromatic carbocycles. The molecular weight excluding hydrogens is 354 g/mol. The summed E-state index contributed by atoms with van der Waals surface area (Å²) in [5, 5.41) is 10.4. The monoisotopic (exact) mass is 375 g/mol. The van der Waals surface area contributed by atoms with E-state index in [4.69, 9.17) is 19.6 Å². The first-order valence-electron chi connectivity index (χ1n) is 9.22. The Morgan fingerprint density at radius 1 is 1.07 bits per heavy atom. The molecule has 0 spiro atoms. The van der Waals surface area contributed by atoms with Crippen LogP contribution in [0, 0.1) is 11.3 Å². The summed E-state index contributed by atoms with van der Waals surface area (Å²) < 4.78 is 16.4. The third-order valence-corrected chi connectivity index (χ3v) is 5.09. The average Bonchev–Trinajstić information content (AvgIpc) is 2.73. The summed E-state index contributed by atoms with van der Waals surface area (Å²) in [5.41, 5.74) is 1.78. The van der Waals surface area contributed by atoms with Crippen molar-refractivity contribution >= 4 is 22.6 Å². The molecule has 28 heavy (non-hydrogen) atoms. The van der Waals surface area contributed by atoms with Gasteiger partial charge in [-0.2, -0.15) is 0 Å². The number of fused-ring (bicyclic) bond motifs is 3. The van der Waals surface area contributed by atoms with E-state index in [2.05, 4.69) is 0 Å². The molecule has 2 atom stereocenters. The lowest BCUT2D eigenvalue weighted by Crippen LogP contribution is -2.38. The predicted octanol–water partition coefficient (Wildman–Crippen LogP) is 4.53. The molecule has 0 aliphatic carbocycles. The van der Waals surface area contributed by atoms with Crippen LogP contribution in [0.25, 0.3) is 10.8 Å². The summed E-state index contributed by atoms with van der Waals surface area (Å²) in [7, 11) is 1.61. The van der Waals surface area contributed by atoms with Gasteiger partial charge >= 0.3 is 5.97 Å². The van der Waals surface area contributed by atoms with Gasteiger partial charge in [-0.05, 0) is 30.0 Å². The molecule has 0 saturated carbocycles. The summed E-state index contributed by atoms with van der Waals surface area (Å²) >= 11 is 0. The molecule has 5 heteroatoms. The Kier molecular flexibility index (Phi) is 4.74. The van der Waals surface area contributed by atoms with E-state index in [0.717, 1.165) is 27.6 Å². The van der Waals surface area contributed by atoms with Gasteiger partial charge in [-0.15, -0.1) is 0 Å². The van der Waals surface area contributed by atoms with E-state index >= 15 is 0 Å². The molecule has 0 amide bonds. The molecule has 5 nitrogen and oxygen atoms in total. The van der Waals surface area contributed by atoms with Crippen LogP contribution in [0.15, 0.2) is 60.7 Å². The molecule has 0 saturated heterocycles. The Hall–Kier alpha value is -3.34. The van der Waals surface area contributed by atoms with Crippen molar-refractivity contribution in [2.75, 3.05) is 13.7 Å². The number of carbonyl (C=O) groups is 1. The zero-order valence-corrected chi connectivity index (χ0v) is 15.8. The summed E-state index contributed by atoms with van der Waals surface area (Å²) in [5.74, 6) is -0.384. The topological polar surface area (TPSA) is 68.6 Å². The number of hydrogen-bond acceptors (Lipinski definition) is 5. The summed E-state index contributed by atoms with van der Waals surface area (Å²) in [4.78, 5) is 12.7. The van der Waals surface area contributed by atoms with Crippen LogP contribution < -0.4 is 9.47 Å². The third kappa shape index (κ3) is 2.99. The van der Waals surface area contributed by atoms with Crippen LogP contribution in [-0.4, -0.2) is 25.6 Å². The number of esters is 1. The standard InChI is InChI=1S/C23H21NO4/c1-3-27-23(25)20-19(15-8-11-16(26-2)12-9-15)18-13-10-14-6-4-5-7-17(14)21(18)28-22(20)24/h4-13,19-20,24H,3H2,1-2H3. The minimum atomic E-state index is -0.831. The van der Waals surface area contributed by atoms with Gasteiger partial charge in [0.15, 0.2) is 0 Å². The summed E-state index contributed by atoms with van der Waals surface area (Å²) in [6.07, 6.45) is 0. The molecule has 0 fully saturated rings. The third-order valence-electron chi connectivity index (χ3n) is 5.09. The molecule has 3 aromatic rings. The molecular formula is C23H21NO4. The van der Waals surface area contributed by atoms with Crippen molar-refractivity contribution in [3.8, 4) is 11.5 Å². The summed E-state index contributed by atoms with van der Waals surface area (Å²) in [6.45, 7) is 2.01. The molecule has 0 aromatic heterocycles. The largest absolute Gasteiger partial charge is 0.497 e. The smallest absolute Gasteiger partial charge is 0.319 e. The zero-order valence-electron chi connectivity index (χ0n) is 15.8. The number of carbonyl (C=O) groups excluding carboxylic acids is 1. The van der Waals surface area contributed by atoms with Gasteiger partial charge in [-0.1, -0.05) is 48.5 Å². The molecule has 1 heterocycles. The lowest BCUT2D eigenvalue weighted by atomic mass is 9.77. The van der Waals surface area contributed by atoms with Crippen molar-refractivity contribution < 1.29 is 19.0 Å². The Morgan fingerprint density at radius 2 is 1.82 bits per heavy atom. The summed E-state index contributed by atoms with van der Waals surface area (Å²) in [6, 6.07) is 19.4. The van der Waals surface area contributed by atoms with E-state index < -0.39 is 11.9 Å². The fraction of sp³-hybridized carbons (Fsp3) is 0.217. The Morgan fingerprint density at radius 3 is 2.54 bits per heavy atom. The molecule has 142 valence electrons. The Bertz CT molecular complexity index is 1040. The van der Waals surface area contributed by atoms with E-state index in [1.54, 1.807) is 14.0 Å². The van der Waals surface area contributed by atoms with Gasteiger partial charge in [0.25, 0.3) is 0 Å². The van der Waals surface area contributed by atoms with Gasteiger partial charge in [0.1, 0.15) is 17.4 Å². The van der Waals surface area contributed by atoms with E-state index in [9.17, 15) is 4.79 Å². The molecule has 2 unspecified atom stereocenters. The van der Waals surface area contributed by atoms with Gasteiger partial charge in [-0.25, -0.2) is 0 Å². The molecule has 4 rings (SSSR count). The number of ether oxygens (including phenoxy) is 3. The maximum Gasteiger partial charge on any atom is 0.319 e. The predicted molar refractivity (Wildman–Crippen MR) is 107 cm³/mol. The fourth-order valence-corrected chi connectivity index (χ4v) is 3.78. The highest BCUT2D eigenvalue weighted by atomic mass is 16.5. The van der Waals surface area contributed by atoms with E-state index in [1.807, 2.05) is 60.7 Å². The molecule has 0 bridgehead atoms.